The van der Waals surface area contributed by atoms with Crippen LogP contribution in [0.2, 0.25) is 0 Å². The third kappa shape index (κ3) is 4.18. The third-order valence-electron chi connectivity index (χ3n) is 8.39. The summed E-state index contributed by atoms with van der Waals surface area (Å²) in [4.78, 5) is 19.8. The average Bonchev–Trinajstić information content (AvgIpc) is 3.60. The normalized spacial score (nSPS) is 13.5. The van der Waals surface area contributed by atoms with Crippen molar-refractivity contribution in [1.82, 2.24) is 29.1 Å². The van der Waals surface area contributed by atoms with E-state index in [0.717, 1.165) is 52.2 Å². The van der Waals surface area contributed by atoms with E-state index < -0.39 is 0 Å². The molecule has 3 aromatic carbocycles. The van der Waals surface area contributed by atoms with Crippen LogP contribution in [0.1, 0.15) is 37.4 Å². The van der Waals surface area contributed by atoms with Crippen LogP contribution in [-0.4, -0.2) is 29.1 Å². The van der Waals surface area contributed by atoms with Crippen LogP contribution in [-0.2, 0) is 6.42 Å². The Morgan fingerprint density at radius 2 is 1.34 bits per heavy atom. The van der Waals surface area contributed by atoms with Gasteiger partial charge in [-0.2, -0.15) is 0 Å². The van der Waals surface area contributed by atoms with E-state index in [2.05, 4.69) is 100 Å². The Morgan fingerprint density at radius 1 is 0.750 bits per heavy atom. The maximum atomic E-state index is 5.21. The standard InChI is InChI=1S/C38H30N6/c1-3-4-13-25(2)37-39-23-26(24-40-37)38-41-35(43-31-18-9-5-14-27(31)28-15-6-10-19-32(28)43)22-36(42-38)44-33-20-11-7-16-29(33)30-17-8-12-21-34(30)44/h3-11,13-20,22-24H,12,21H2,1-2H3/b4-3-,25-13+. The first kappa shape index (κ1) is 26.0. The molecule has 0 N–H and O–H groups in total. The van der Waals surface area contributed by atoms with Crippen LogP contribution >= 0.6 is 0 Å². The van der Waals surface area contributed by atoms with Crippen LogP contribution in [0.3, 0.4) is 0 Å². The minimum absolute atomic E-state index is 0.582. The molecule has 0 atom stereocenters. The first-order valence-corrected chi connectivity index (χ1v) is 15.0. The molecule has 1 aliphatic rings. The monoisotopic (exact) mass is 570 g/mol. The predicted octanol–water partition coefficient (Wildman–Crippen LogP) is 8.91. The van der Waals surface area contributed by atoms with Crippen LogP contribution in [0.5, 0.6) is 0 Å². The zero-order valence-electron chi connectivity index (χ0n) is 24.6. The molecule has 7 aromatic rings. The first-order chi connectivity index (χ1) is 21.7. The van der Waals surface area contributed by atoms with Crippen molar-refractivity contribution < 1.29 is 0 Å². The lowest BCUT2D eigenvalue weighted by Gasteiger charge is -2.16. The molecule has 0 aliphatic heterocycles. The van der Waals surface area contributed by atoms with E-state index in [1.165, 1.54) is 27.4 Å². The number of hydrogen-bond donors (Lipinski definition) is 0. The van der Waals surface area contributed by atoms with Crippen molar-refractivity contribution in [2.24, 2.45) is 0 Å². The molecule has 0 saturated carbocycles. The van der Waals surface area contributed by atoms with Gasteiger partial charge in [-0.3, -0.25) is 9.13 Å². The molecular weight excluding hydrogens is 540 g/mol. The van der Waals surface area contributed by atoms with Crippen molar-refractivity contribution in [3.05, 3.63) is 133 Å². The first-order valence-electron chi connectivity index (χ1n) is 15.0. The number of hydrogen-bond acceptors (Lipinski definition) is 4. The quantitative estimate of drug-likeness (QED) is 0.194. The van der Waals surface area contributed by atoms with E-state index in [1.807, 2.05) is 44.5 Å². The molecule has 0 unspecified atom stereocenters. The molecule has 212 valence electrons. The van der Waals surface area contributed by atoms with E-state index in [4.69, 9.17) is 19.9 Å². The summed E-state index contributed by atoms with van der Waals surface area (Å²) in [6.07, 6.45) is 16.1. The van der Waals surface area contributed by atoms with Gasteiger partial charge in [-0.25, -0.2) is 19.9 Å². The van der Waals surface area contributed by atoms with Crippen LogP contribution in [0, 0.1) is 0 Å². The largest absolute Gasteiger partial charge is 0.297 e. The van der Waals surface area contributed by atoms with Crippen LogP contribution in [0.4, 0.5) is 0 Å². The number of rotatable bonds is 5. The summed E-state index contributed by atoms with van der Waals surface area (Å²) in [5, 5.41) is 3.61. The molecule has 0 radical (unpaired) electrons. The molecule has 4 heterocycles. The van der Waals surface area contributed by atoms with Crippen molar-refractivity contribution in [3.8, 4) is 23.0 Å². The molecule has 0 spiro atoms. The summed E-state index contributed by atoms with van der Waals surface area (Å²) in [5.41, 5.74) is 7.63. The van der Waals surface area contributed by atoms with Gasteiger partial charge in [0.05, 0.1) is 22.1 Å². The fraction of sp³-hybridized carbons (Fsp3) is 0.105. The topological polar surface area (TPSA) is 61.4 Å². The zero-order chi connectivity index (χ0) is 29.6. The Kier molecular flexibility index (Phi) is 6.26. The second-order valence-corrected chi connectivity index (χ2v) is 11.1. The molecule has 6 heteroatoms. The third-order valence-corrected chi connectivity index (χ3v) is 8.39. The second kappa shape index (κ2) is 10.6. The predicted molar refractivity (Wildman–Crippen MR) is 180 cm³/mol. The van der Waals surface area contributed by atoms with Gasteiger partial charge in [0.15, 0.2) is 11.6 Å². The van der Waals surface area contributed by atoms with Crippen LogP contribution < -0.4 is 0 Å². The van der Waals surface area contributed by atoms with E-state index >= 15 is 0 Å². The van der Waals surface area contributed by atoms with Gasteiger partial charge in [-0.1, -0.05) is 85.0 Å². The molecule has 1 aliphatic carbocycles. The fourth-order valence-electron chi connectivity index (χ4n) is 6.34. The molecular formula is C38H30N6. The summed E-state index contributed by atoms with van der Waals surface area (Å²) in [6, 6.07) is 27.7. The van der Waals surface area contributed by atoms with E-state index in [-0.39, 0.29) is 0 Å². The zero-order valence-corrected chi connectivity index (χ0v) is 24.6. The number of aromatic nitrogens is 6. The fourth-order valence-corrected chi connectivity index (χ4v) is 6.34. The van der Waals surface area contributed by atoms with Gasteiger partial charge >= 0.3 is 0 Å². The Balaban J connectivity index is 1.41. The lowest BCUT2D eigenvalue weighted by Crippen LogP contribution is -2.09. The minimum Gasteiger partial charge on any atom is -0.297 e. The lowest BCUT2D eigenvalue weighted by molar-refractivity contribution is 0.863. The highest BCUT2D eigenvalue weighted by Gasteiger charge is 2.22. The Bertz CT molecular complexity index is 2240. The molecule has 0 amide bonds. The highest BCUT2D eigenvalue weighted by Crippen LogP contribution is 2.36. The van der Waals surface area contributed by atoms with Gasteiger partial charge in [-0.15, -0.1) is 0 Å². The molecule has 4 aromatic heterocycles. The summed E-state index contributed by atoms with van der Waals surface area (Å²) < 4.78 is 4.56. The second-order valence-electron chi connectivity index (χ2n) is 11.1. The van der Waals surface area contributed by atoms with E-state index in [0.29, 0.717) is 11.6 Å². The Morgan fingerprint density at radius 3 is 2.00 bits per heavy atom. The molecule has 0 saturated heterocycles. The minimum atomic E-state index is 0.582. The van der Waals surface area contributed by atoms with E-state index in [9.17, 15) is 0 Å². The summed E-state index contributed by atoms with van der Waals surface area (Å²) in [7, 11) is 0. The number of allylic oxidation sites excluding steroid dienone is 5. The lowest BCUT2D eigenvalue weighted by atomic mass is 10.0. The molecule has 6 nitrogen and oxygen atoms in total. The maximum absolute atomic E-state index is 5.21. The molecule has 44 heavy (non-hydrogen) atoms. The summed E-state index contributed by atoms with van der Waals surface area (Å²) in [5.74, 6) is 2.89. The number of para-hydroxylation sites is 3. The van der Waals surface area contributed by atoms with Gasteiger partial charge in [-0.05, 0) is 50.5 Å². The Hall–Kier alpha value is -5.62. The van der Waals surface area contributed by atoms with Crippen molar-refractivity contribution in [2.75, 3.05) is 0 Å². The smallest absolute Gasteiger partial charge is 0.167 e. The SMILES string of the molecule is C/C=C\C=C(/C)c1ncc(-c2nc(-n3c4c(c5ccccc53)C=CCC4)cc(-n3c4ccccc4c4ccccc43)n2)cn1. The van der Waals surface area contributed by atoms with Crippen molar-refractivity contribution in [1.29, 1.82) is 0 Å². The van der Waals surface area contributed by atoms with Crippen LogP contribution in [0.15, 0.2) is 116 Å². The number of fused-ring (bicyclic) bond motifs is 6. The summed E-state index contributed by atoms with van der Waals surface area (Å²) in [6.45, 7) is 4.01. The number of benzene rings is 3. The molecule has 0 fully saturated rings. The van der Waals surface area contributed by atoms with E-state index in [1.54, 1.807) is 0 Å². The molecule has 0 bridgehead atoms. The van der Waals surface area contributed by atoms with Crippen LogP contribution in [0.25, 0.3) is 67.4 Å². The highest BCUT2D eigenvalue weighted by molar-refractivity contribution is 6.09. The average molecular weight is 571 g/mol. The summed E-state index contributed by atoms with van der Waals surface area (Å²) >= 11 is 0. The maximum Gasteiger partial charge on any atom is 0.167 e. The highest BCUT2D eigenvalue weighted by atomic mass is 15.2. The van der Waals surface area contributed by atoms with Gasteiger partial charge in [0.25, 0.3) is 0 Å². The van der Waals surface area contributed by atoms with Crippen molar-refractivity contribution in [2.45, 2.75) is 26.7 Å². The Labute approximate surface area is 255 Å². The van der Waals surface area contributed by atoms with Gasteiger partial charge in [0, 0.05) is 45.9 Å². The molecule has 8 rings (SSSR count). The van der Waals surface area contributed by atoms with Gasteiger partial charge in [0.2, 0.25) is 0 Å². The number of nitrogens with zero attached hydrogens (tertiary/aromatic N) is 6. The van der Waals surface area contributed by atoms with Gasteiger partial charge < -0.3 is 0 Å². The van der Waals surface area contributed by atoms with Crippen molar-refractivity contribution in [3.63, 3.8) is 0 Å². The van der Waals surface area contributed by atoms with Gasteiger partial charge in [0.1, 0.15) is 11.6 Å². The van der Waals surface area contributed by atoms with Crippen molar-refractivity contribution >= 4 is 44.4 Å².